The maximum absolute atomic E-state index is 5.44. The molecule has 1 saturated heterocycles. The molecule has 0 bridgehead atoms. The van der Waals surface area contributed by atoms with Gasteiger partial charge in [-0.25, -0.2) is 4.98 Å². The van der Waals surface area contributed by atoms with E-state index in [1.165, 1.54) is 18.4 Å². The topological polar surface area (TPSA) is 61.8 Å². The van der Waals surface area contributed by atoms with Crippen molar-refractivity contribution < 1.29 is 4.74 Å². The van der Waals surface area contributed by atoms with E-state index in [-0.39, 0.29) is 24.0 Å². The maximum Gasteiger partial charge on any atom is 0.191 e. The number of methoxy groups -OCH3 is 1. The SMILES string of the molecule is CN=C(NCc1nc(C(C)C)cs1)NCC(c1cccc(OC)c1)N1CCCC1.I. The number of halogens is 1. The molecular formula is C22H34IN5OS. The number of ether oxygens (including phenoxy) is 1. The Labute approximate surface area is 201 Å². The molecule has 1 unspecified atom stereocenters. The van der Waals surface area contributed by atoms with Crippen LogP contribution in [0.25, 0.3) is 0 Å². The molecule has 6 nitrogen and oxygen atoms in total. The summed E-state index contributed by atoms with van der Waals surface area (Å²) in [5, 5.41) is 10.1. The van der Waals surface area contributed by atoms with Crippen molar-refractivity contribution in [1.29, 1.82) is 0 Å². The Morgan fingerprint density at radius 3 is 2.67 bits per heavy atom. The second kappa shape index (κ2) is 12.5. The van der Waals surface area contributed by atoms with Crippen molar-refractivity contribution in [3.63, 3.8) is 0 Å². The van der Waals surface area contributed by atoms with Gasteiger partial charge in [0.25, 0.3) is 0 Å². The lowest BCUT2D eigenvalue weighted by atomic mass is 10.1. The quantitative estimate of drug-likeness (QED) is 0.294. The van der Waals surface area contributed by atoms with Crippen LogP contribution in [0.1, 0.15) is 54.9 Å². The number of likely N-dealkylation sites (tertiary alicyclic amines) is 1. The van der Waals surface area contributed by atoms with E-state index in [1.807, 2.05) is 13.1 Å². The van der Waals surface area contributed by atoms with Crippen molar-refractivity contribution in [2.24, 2.45) is 4.99 Å². The number of guanidine groups is 1. The molecule has 0 aliphatic carbocycles. The molecule has 3 rings (SSSR count). The first-order valence-corrected chi connectivity index (χ1v) is 11.3. The molecule has 1 aromatic heterocycles. The lowest BCUT2D eigenvalue weighted by molar-refractivity contribution is 0.245. The summed E-state index contributed by atoms with van der Waals surface area (Å²) in [5.74, 6) is 2.17. The summed E-state index contributed by atoms with van der Waals surface area (Å²) in [6, 6.07) is 8.69. The van der Waals surface area contributed by atoms with Crippen molar-refractivity contribution >= 4 is 41.3 Å². The number of aliphatic imine (C=N–C) groups is 1. The number of nitrogens with zero attached hydrogens (tertiary/aromatic N) is 3. The van der Waals surface area contributed by atoms with Crippen molar-refractivity contribution in [3.8, 4) is 5.75 Å². The summed E-state index contributed by atoms with van der Waals surface area (Å²) >= 11 is 1.70. The lowest BCUT2D eigenvalue weighted by Gasteiger charge is -2.29. The molecule has 166 valence electrons. The van der Waals surface area contributed by atoms with Gasteiger partial charge in [0.2, 0.25) is 0 Å². The van der Waals surface area contributed by atoms with E-state index in [9.17, 15) is 0 Å². The average Bonchev–Trinajstić information content (AvgIpc) is 3.43. The highest BCUT2D eigenvalue weighted by Gasteiger charge is 2.24. The van der Waals surface area contributed by atoms with Gasteiger partial charge in [-0.1, -0.05) is 26.0 Å². The maximum atomic E-state index is 5.44. The minimum atomic E-state index is 0. The predicted octanol–water partition coefficient (Wildman–Crippen LogP) is 4.40. The van der Waals surface area contributed by atoms with E-state index in [2.05, 4.69) is 58.0 Å². The molecule has 0 spiro atoms. The Bertz CT molecular complexity index is 804. The fraction of sp³-hybridized carbons (Fsp3) is 0.545. The van der Waals surface area contributed by atoms with Gasteiger partial charge in [0.05, 0.1) is 25.4 Å². The van der Waals surface area contributed by atoms with Gasteiger partial charge < -0.3 is 15.4 Å². The van der Waals surface area contributed by atoms with Gasteiger partial charge in [0.15, 0.2) is 5.96 Å². The molecule has 2 N–H and O–H groups in total. The first-order valence-electron chi connectivity index (χ1n) is 10.4. The fourth-order valence-electron chi connectivity index (χ4n) is 3.60. The standard InChI is InChI=1S/C22H33N5OS.HI/c1-16(2)19-15-29-21(26-19)14-25-22(23-3)24-13-20(27-10-5-6-11-27)17-8-7-9-18(12-17)28-4;/h7-9,12,15-16,20H,5-6,10-11,13-14H2,1-4H3,(H2,23,24,25);1H. The molecule has 1 aromatic carbocycles. The monoisotopic (exact) mass is 543 g/mol. The first-order chi connectivity index (χ1) is 14.1. The van der Waals surface area contributed by atoms with Gasteiger partial charge in [-0.2, -0.15) is 0 Å². The fourth-order valence-corrected chi connectivity index (χ4v) is 4.50. The van der Waals surface area contributed by atoms with Gasteiger partial charge in [-0.05, 0) is 49.5 Å². The van der Waals surface area contributed by atoms with Crippen molar-refractivity contribution in [2.45, 2.75) is 45.2 Å². The van der Waals surface area contributed by atoms with Gasteiger partial charge in [-0.15, -0.1) is 35.3 Å². The Morgan fingerprint density at radius 1 is 1.27 bits per heavy atom. The molecule has 1 atom stereocenters. The zero-order valence-electron chi connectivity index (χ0n) is 18.4. The van der Waals surface area contributed by atoms with Crippen LogP contribution in [0.4, 0.5) is 0 Å². The first kappa shape index (κ1) is 24.9. The van der Waals surface area contributed by atoms with Crippen molar-refractivity contribution in [1.82, 2.24) is 20.5 Å². The van der Waals surface area contributed by atoms with Gasteiger partial charge >= 0.3 is 0 Å². The molecule has 30 heavy (non-hydrogen) atoms. The molecule has 2 aromatic rings. The molecule has 0 amide bonds. The highest BCUT2D eigenvalue weighted by atomic mass is 127. The normalized spacial score (nSPS) is 15.7. The zero-order valence-corrected chi connectivity index (χ0v) is 21.5. The number of hydrogen-bond donors (Lipinski definition) is 2. The van der Waals surface area contributed by atoms with Crippen LogP contribution < -0.4 is 15.4 Å². The summed E-state index contributed by atoms with van der Waals surface area (Å²) in [4.78, 5) is 11.6. The third kappa shape index (κ3) is 6.81. The van der Waals surface area contributed by atoms with E-state index >= 15 is 0 Å². The lowest BCUT2D eigenvalue weighted by Crippen LogP contribution is -2.42. The highest BCUT2D eigenvalue weighted by molar-refractivity contribution is 14.0. The molecule has 1 aliphatic heterocycles. The molecule has 0 saturated carbocycles. The molecule has 8 heteroatoms. The molecule has 0 radical (unpaired) electrons. The number of hydrogen-bond acceptors (Lipinski definition) is 5. The van der Waals surface area contributed by atoms with Crippen LogP contribution in [-0.2, 0) is 6.54 Å². The number of thiazole rings is 1. The Kier molecular flexibility index (Phi) is 10.3. The third-order valence-corrected chi connectivity index (χ3v) is 6.18. The van der Waals surface area contributed by atoms with E-state index in [1.54, 1.807) is 18.4 Å². The van der Waals surface area contributed by atoms with Crippen molar-refractivity contribution in [2.75, 3.05) is 33.8 Å². The second-order valence-corrected chi connectivity index (χ2v) is 8.61. The van der Waals surface area contributed by atoms with E-state index in [0.29, 0.717) is 18.5 Å². The van der Waals surface area contributed by atoms with E-state index in [0.717, 1.165) is 42.0 Å². The number of rotatable bonds is 8. The minimum Gasteiger partial charge on any atom is -0.497 e. The van der Waals surface area contributed by atoms with Gasteiger partial charge in [0, 0.05) is 19.0 Å². The number of benzene rings is 1. The largest absolute Gasteiger partial charge is 0.497 e. The predicted molar refractivity (Wildman–Crippen MR) is 136 cm³/mol. The summed E-state index contributed by atoms with van der Waals surface area (Å²) < 4.78 is 5.44. The van der Waals surface area contributed by atoms with Crippen molar-refractivity contribution in [3.05, 3.63) is 45.9 Å². The van der Waals surface area contributed by atoms with Crippen LogP contribution in [0.2, 0.25) is 0 Å². The molecule has 2 heterocycles. The second-order valence-electron chi connectivity index (χ2n) is 7.66. The molecule has 1 aliphatic rings. The van der Waals surface area contributed by atoms with Gasteiger partial charge in [0.1, 0.15) is 10.8 Å². The summed E-state index contributed by atoms with van der Waals surface area (Å²) in [6.45, 7) is 8.08. The third-order valence-electron chi connectivity index (χ3n) is 5.31. The highest BCUT2D eigenvalue weighted by Crippen LogP contribution is 2.27. The van der Waals surface area contributed by atoms with Crippen LogP contribution in [0.15, 0.2) is 34.6 Å². The summed E-state index contributed by atoms with van der Waals surface area (Å²) in [7, 11) is 3.53. The average molecular weight is 544 g/mol. The Hall–Kier alpha value is -1.39. The smallest absolute Gasteiger partial charge is 0.191 e. The zero-order chi connectivity index (χ0) is 20.6. The van der Waals surface area contributed by atoms with Crippen LogP contribution in [0, 0.1) is 0 Å². The minimum absolute atomic E-state index is 0. The van der Waals surface area contributed by atoms with Gasteiger partial charge in [-0.3, -0.25) is 9.89 Å². The summed E-state index contributed by atoms with van der Waals surface area (Å²) in [6.07, 6.45) is 2.52. The van der Waals surface area contributed by atoms with Crippen LogP contribution in [0.5, 0.6) is 5.75 Å². The van der Waals surface area contributed by atoms with Crippen LogP contribution in [-0.4, -0.2) is 49.6 Å². The summed E-state index contributed by atoms with van der Waals surface area (Å²) in [5.41, 5.74) is 2.43. The number of aromatic nitrogens is 1. The van der Waals surface area contributed by atoms with Crippen LogP contribution in [0.3, 0.4) is 0 Å². The molecule has 1 fully saturated rings. The molecular weight excluding hydrogens is 509 g/mol. The van der Waals surface area contributed by atoms with E-state index < -0.39 is 0 Å². The van der Waals surface area contributed by atoms with Crippen LogP contribution >= 0.6 is 35.3 Å². The number of nitrogens with one attached hydrogen (secondary N) is 2. The van der Waals surface area contributed by atoms with E-state index in [4.69, 9.17) is 9.72 Å². The Balaban J connectivity index is 0.00000320. The Morgan fingerprint density at radius 2 is 2.03 bits per heavy atom.